The number of carbonyl (C=O) groups excluding carboxylic acids is 2. The first-order valence-corrected chi connectivity index (χ1v) is 8.25. The van der Waals surface area contributed by atoms with Gasteiger partial charge in [0, 0.05) is 31.4 Å². The summed E-state index contributed by atoms with van der Waals surface area (Å²) in [7, 11) is 6.30. The van der Waals surface area contributed by atoms with Crippen molar-refractivity contribution in [3.63, 3.8) is 0 Å². The third-order valence-electron chi connectivity index (χ3n) is 4.85. The van der Waals surface area contributed by atoms with E-state index in [1.807, 2.05) is 61.6 Å². The fourth-order valence-corrected chi connectivity index (χ4v) is 3.56. The zero-order valence-electron chi connectivity index (χ0n) is 15.8. The highest BCUT2D eigenvalue weighted by Gasteiger charge is 2.36. The molecule has 26 heavy (non-hydrogen) atoms. The van der Waals surface area contributed by atoms with E-state index in [9.17, 15) is 9.59 Å². The van der Waals surface area contributed by atoms with Crippen LogP contribution in [-0.2, 0) is 9.47 Å². The molecule has 0 N–H and O–H groups in total. The summed E-state index contributed by atoms with van der Waals surface area (Å²) in [6, 6.07) is 5.90. The second kappa shape index (κ2) is 6.37. The number of hydrogen-bond donors (Lipinski definition) is 0. The average Bonchev–Trinajstić information content (AvgIpc) is 3.01. The van der Waals surface area contributed by atoms with E-state index in [0.29, 0.717) is 11.3 Å². The molecule has 1 aromatic heterocycles. The summed E-state index contributed by atoms with van der Waals surface area (Å²) in [5.74, 6) is -1.12. The molecule has 136 valence electrons. The van der Waals surface area contributed by atoms with Gasteiger partial charge in [-0.1, -0.05) is 6.07 Å². The molecule has 1 aliphatic carbocycles. The first kappa shape index (κ1) is 17.8. The number of aryl methyl sites for hydroxylation is 1. The number of carbonyl (C=O) groups is 2. The maximum atomic E-state index is 12.6. The fraction of sp³-hybridized carbons (Fsp3) is 0.300. The SMILES string of the molecule is COC(=O)c1c(C(=O)OC)c(N(C)C)c2n3ccccc3c(C)c(C)c1-2. The normalized spacial score (nSPS) is 11.0. The van der Waals surface area contributed by atoms with Crippen molar-refractivity contribution in [2.75, 3.05) is 33.2 Å². The number of ether oxygens (including phenoxy) is 2. The van der Waals surface area contributed by atoms with Gasteiger partial charge in [0.05, 0.1) is 31.2 Å². The number of fused-ring (bicyclic) bond motifs is 3. The molecule has 0 fully saturated rings. The van der Waals surface area contributed by atoms with E-state index >= 15 is 0 Å². The van der Waals surface area contributed by atoms with Crippen LogP contribution in [0.5, 0.6) is 0 Å². The quantitative estimate of drug-likeness (QED) is 0.676. The molecule has 6 nitrogen and oxygen atoms in total. The van der Waals surface area contributed by atoms with Gasteiger partial charge < -0.3 is 18.8 Å². The maximum absolute atomic E-state index is 12.6. The van der Waals surface area contributed by atoms with Crippen molar-refractivity contribution in [1.29, 1.82) is 0 Å². The standard InChI is InChI=1S/C20H22N2O4/c1-11-12(2)14-15(19(23)25-5)16(20(24)26-6)17(21(3)4)18(14)22-10-8-7-9-13(11)22/h7-10H,1-6H3. The monoisotopic (exact) mass is 354 g/mol. The van der Waals surface area contributed by atoms with Crippen LogP contribution in [0.4, 0.5) is 5.69 Å². The molecule has 0 aromatic carbocycles. The molecule has 6 heteroatoms. The topological polar surface area (TPSA) is 60.3 Å². The Bertz CT molecular complexity index is 1000. The summed E-state index contributed by atoms with van der Waals surface area (Å²) < 4.78 is 12.0. The smallest absolute Gasteiger partial charge is 0.340 e. The molecule has 0 radical (unpaired) electrons. The first-order valence-electron chi connectivity index (χ1n) is 8.25. The van der Waals surface area contributed by atoms with Gasteiger partial charge in [-0.15, -0.1) is 0 Å². The lowest BCUT2D eigenvalue weighted by atomic mass is 9.98. The minimum Gasteiger partial charge on any atom is -0.465 e. The van der Waals surface area contributed by atoms with Gasteiger partial charge in [0.25, 0.3) is 0 Å². The Kier molecular flexibility index (Phi) is 4.36. The van der Waals surface area contributed by atoms with Crippen LogP contribution in [0.1, 0.15) is 31.8 Å². The van der Waals surface area contributed by atoms with Gasteiger partial charge in [0.2, 0.25) is 0 Å². The predicted octanol–water partition coefficient (Wildman–Crippen LogP) is 3.30. The van der Waals surface area contributed by atoms with Gasteiger partial charge in [0.1, 0.15) is 5.56 Å². The Morgan fingerprint density at radius 3 is 2.15 bits per heavy atom. The lowest BCUT2D eigenvalue weighted by Gasteiger charge is -2.20. The van der Waals surface area contributed by atoms with Crippen molar-refractivity contribution in [3.8, 4) is 11.3 Å². The Hall–Kier alpha value is -3.02. The van der Waals surface area contributed by atoms with Gasteiger partial charge in [-0.05, 0) is 37.1 Å². The molecule has 0 spiro atoms. The van der Waals surface area contributed by atoms with Gasteiger partial charge in [0.15, 0.2) is 0 Å². The van der Waals surface area contributed by atoms with Crippen molar-refractivity contribution in [3.05, 3.63) is 46.6 Å². The van der Waals surface area contributed by atoms with Crippen LogP contribution in [0, 0.1) is 13.8 Å². The minimum absolute atomic E-state index is 0.228. The van der Waals surface area contributed by atoms with Crippen molar-refractivity contribution < 1.29 is 19.1 Å². The van der Waals surface area contributed by atoms with E-state index < -0.39 is 11.9 Å². The zero-order chi connectivity index (χ0) is 19.2. The van der Waals surface area contributed by atoms with Crippen LogP contribution >= 0.6 is 0 Å². The maximum Gasteiger partial charge on any atom is 0.340 e. The summed E-state index contributed by atoms with van der Waals surface area (Å²) in [5.41, 5.74) is 5.59. The number of nitrogens with zero attached hydrogens (tertiary/aromatic N) is 2. The number of anilines is 1. The Labute approximate surface area is 152 Å². The molecular formula is C20H22N2O4. The van der Waals surface area contributed by atoms with Gasteiger partial charge >= 0.3 is 11.9 Å². The molecule has 2 heterocycles. The molecule has 3 rings (SSSR count). The number of aromatic nitrogens is 1. The third-order valence-corrected chi connectivity index (χ3v) is 4.85. The molecule has 0 saturated carbocycles. The Morgan fingerprint density at radius 1 is 0.962 bits per heavy atom. The van der Waals surface area contributed by atoms with E-state index in [2.05, 4.69) is 0 Å². The second-order valence-corrected chi connectivity index (χ2v) is 6.41. The van der Waals surface area contributed by atoms with E-state index in [-0.39, 0.29) is 11.1 Å². The minimum atomic E-state index is -0.563. The molecule has 2 aliphatic rings. The number of methoxy groups -OCH3 is 2. The molecular weight excluding hydrogens is 332 g/mol. The summed E-state index contributed by atoms with van der Waals surface area (Å²) in [4.78, 5) is 27.1. The van der Waals surface area contributed by atoms with E-state index in [1.165, 1.54) is 14.2 Å². The Balaban J connectivity index is 2.67. The molecule has 0 amide bonds. The molecule has 1 aromatic rings. The number of esters is 2. The number of rotatable bonds is 3. The lowest BCUT2D eigenvalue weighted by Crippen LogP contribution is -2.16. The van der Waals surface area contributed by atoms with E-state index in [0.717, 1.165) is 22.3 Å². The summed E-state index contributed by atoms with van der Waals surface area (Å²) in [5, 5.41) is 0. The highest BCUT2D eigenvalue weighted by Crippen LogP contribution is 2.46. The first-order chi connectivity index (χ1) is 12.3. The summed E-state index contributed by atoms with van der Waals surface area (Å²) >= 11 is 0. The number of pyridine rings is 2. The van der Waals surface area contributed by atoms with Crippen LogP contribution in [0.15, 0.2) is 24.4 Å². The highest BCUT2D eigenvalue weighted by molar-refractivity contribution is 6.17. The van der Waals surface area contributed by atoms with Crippen LogP contribution < -0.4 is 4.90 Å². The molecule has 1 aliphatic heterocycles. The van der Waals surface area contributed by atoms with Crippen LogP contribution in [0.25, 0.3) is 16.8 Å². The second-order valence-electron chi connectivity index (χ2n) is 6.41. The number of hydrogen-bond acceptors (Lipinski definition) is 5. The average molecular weight is 354 g/mol. The van der Waals surface area contributed by atoms with Crippen molar-refractivity contribution in [1.82, 2.24) is 4.40 Å². The molecule has 0 unspecified atom stereocenters. The van der Waals surface area contributed by atoms with Crippen molar-refractivity contribution in [2.45, 2.75) is 13.8 Å². The van der Waals surface area contributed by atoms with Crippen LogP contribution in [-0.4, -0.2) is 44.7 Å². The molecule has 0 atom stereocenters. The summed E-state index contributed by atoms with van der Waals surface area (Å²) in [6.45, 7) is 3.96. The lowest BCUT2D eigenvalue weighted by molar-refractivity contribution is 0.0558. The Morgan fingerprint density at radius 2 is 1.58 bits per heavy atom. The highest BCUT2D eigenvalue weighted by atomic mass is 16.5. The van der Waals surface area contributed by atoms with Gasteiger partial charge in [-0.25, -0.2) is 9.59 Å². The van der Waals surface area contributed by atoms with E-state index in [4.69, 9.17) is 9.47 Å². The van der Waals surface area contributed by atoms with Gasteiger partial charge in [-0.3, -0.25) is 0 Å². The molecule has 0 bridgehead atoms. The predicted molar refractivity (Wildman–Crippen MR) is 100 cm³/mol. The van der Waals surface area contributed by atoms with Crippen LogP contribution in [0.2, 0.25) is 0 Å². The zero-order valence-corrected chi connectivity index (χ0v) is 15.8. The van der Waals surface area contributed by atoms with Crippen molar-refractivity contribution in [2.24, 2.45) is 0 Å². The van der Waals surface area contributed by atoms with Crippen molar-refractivity contribution >= 4 is 23.1 Å². The van der Waals surface area contributed by atoms with Crippen LogP contribution in [0.3, 0.4) is 0 Å². The third kappa shape index (κ3) is 2.33. The van der Waals surface area contributed by atoms with E-state index in [1.54, 1.807) is 0 Å². The summed E-state index contributed by atoms with van der Waals surface area (Å²) in [6.07, 6.45) is 1.93. The van der Waals surface area contributed by atoms with Gasteiger partial charge in [-0.2, -0.15) is 0 Å². The largest absolute Gasteiger partial charge is 0.465 e. The fourth-order valence-electron chi connectivity index (χ4n) is 3.56. The molecule has 0 saturated heterocycles.